The Morgan fingerprint density at radius 1 is 1.14 bits per heavy atom. The number of benzene rings is 1. The van der Waals surface area contributed by atoms with E-state index in [4.69, 9.17) is 14.2 Å². The normalized spacial score (nSPS) is 12.1. The molecule has 0 spiro atoms. The maximum Gasteiger partial charge on any atom is 0.356 e. The molecule has 4 rings (SSSR count). The first-order valence-corrected chi connectivity index (χ1v) is 11.7. The molecule has 10 nitrogen and oxygen atoms in total. The molecule has 3 heterocycles. The first kappa shape index (κ1) is 25.2. The predicted octanol–water partition coefficient (Wildman–Crippen LogP) is 3.58. The van der Waals surface area contributed by atoms with Gasteiger partial charge in [0, 0.05) is 49.3 Å². The van der Waals surface area contributed by atoms with Crippen LogP contribution in [-0.2, 0) is 32.0 Å². The Labute approximate surface area is 208 Å². The number of pyridine rings is 1. The highest BCUT2D eigenvalue weighted by molar-refractivity contribution is 6.11. The van der Waals surface area contributed by atoms with Crippen LogP contribution in [0, 0.1) is 0 Å². The number of hydrogen-bond acceptors (Lipinski definition) is 7. The maximum absolute atomic E-state index is 13.0. The van der Waals surface area contributed by atoms with Crippen molar-refractivity contribution in [2.75, 3.05) is 45.2 Å². The number of fused-ring (bicyclic) bond motifs is 2. The van der Waals surface area contributed by atoms with Crippen LogP contribution in [0.4, 0.5) is 11.4 Å². The van der Waals surface area contributed by atoms with Crippen LogP contribution in [0.5, 0.6) is 0 Å². The van der Waals surface area contributed by atoms with Crippen molar-refractivity contribution in [3.8, 4) is 0 Å². The van der Waals surface area contributed by atoms with E-state index in [1.165, 1.54) is 14.2 Å². The molecular formula is C26H31N5O5. The van der Waals surface area contributed by atoms with Gasteiger partial charge >= 0.3 is 5.97 Å². The number of anilines is 2. The molecule has 1 atom stereocenters. The molecule has 0 saturated heterocycles. The summed E-state index contributed by atoms with van der Waals surface area (Å²) in [4.78, 5) is 33.5. The number of nitrogens with zero attached hydrogens (tertiary/aromatic N) is 2. The van der Waals surface area contributed by atoms with Crippen molar-refractivity contribution in [2.24, 2.45) is 0 Å². The van der Waals surface area contributed by atoms with E-state index in [0.29, 0.717) is 36.3 Å². The molecule has 0 aliphatic carbocycles. The van der Waals surface area contributed by atoms with Gasteiger partial charge in [0.1, 0.15) is 12.3 Å². The van der Waals surface area contributed by atoms with Gasteiger partial charge in [-0.05, 0) is 31.0 Å². The Morgan fingerprint density at radius 2 is 1.94 bits per heavy atom. The Morgan fingerprint density at radius 3 is 2.69 bits per heavy atom. The van der Waals surface area contributed by atoms with E-state index in [0.717, 1.165) is 22.2 Å². The van der Waals surface area contributed by atoms with Crippen LogP contribution in [0.25, 0.3) is 21.9 Å². The average Bonchev–Trinajstić information content (AvgIpc) is 3.41. The topological polar surface area (TPSA) is 120 Å². The number of carbonyl (C=O) groups is 2. The highest BCUT2D eigenvalue weighted by atomic mass is 16.5. The van der Waals surface area contributed by atoms with Crippen LogP contribution in [0.3, 0.4) is 0 Å². The third kappa shape index (κ3) is 5.19. The summed E-state index contributed by atoms with van der Waals surface area (Å²) in [7, 11) is 4.39. The summed E-state index contributed by atoms with van der Waals surface area (Å²) < 4.78 is 17.1. The molecule has 0 aliphatic rings. The van der Waals surface area contributed by atoms with E-state index < -0.39 is 5.97 Å². The van der Waals surface area contributed by atoms with Gasteiger partial charge in [-0.2, -0.15) is 0 Å². The van der Waals surface area contributed by atoms with Gasteiger partial charge < -0.3 is 34.4 Å². The van der Waals surface area contributed by atoms with E-state index in [2.05, 4.69) is 26.7 Å². The van der Waals surface area contributed by atoms with E-state index in [1.807, 2.05) is 37.4 Å². The maximum atomic E-state index is 13.0. The number of esters is 1. The first-order valence-electron chi connectivity index (χ1n) is 11.7. The summed E-state index contributed by atoms with van der Waals surface area (Å²) in [6.45, 7) is 2.79. The van der Waals surface area contributed by atoms with Gasteiger partial charge in [0.15, 0.2) is 5.69 Å². The highest BCUT2D eigenvalue weighted by Crippen LogP contribution is 2.33. The number of aromatic amines is 1. The second-order valence-corrected chi connectivity index (χ2v) is 8.55. The van der Waals surface area contributed by atoms with Crippen LogP contribution in [0.1, 0.15) is 23.0 Å². The minimum absolute atomic E-state index is 0.0322. The number of para-hydroxylation sites is 1. The van der Waals surface area contributed by atoms with Gasteiger partial charge in [0.25, 0.3) is 0 Å². The van der Waals surface area contributed by atoms with Gasteiger partial charge in [-0.15, -0.1) is 0 Å². The molecule has 3 N–H and O–H groups in total. The summed E-state index contributed by atoms with van der Waals surface area (Å²) in [5, 5.41) is 7.91. The largest absolute Gasteiger partial charge is 0.464 e. The van der Waals surface area contributed by atoms with Crippen molar-refractivity contribution in [2.45, 2.75) is 25.9 Å². The summed E-state index contributed by atoms with van der Waals surface area (Å²) in [6, 6.07) is 9.96. The molecule has 3 aromatic heterocycles. The Bertz CT molecular complexity index is 1380. The number of aromatic nitrogens is 3. The van der Waals surface area contributed by atoms with Crippen molar-refractivity contribution in [1.82, 2.24) is 14.5 Å². The zero-order chi connectivity index (χ0) is 25.7. The minimum atomic E-state index is -0.568. The summed E-state index contributed by atoms with van der Waals surface area (Å²) >= 11 is 0. The molecule has 0 unspecified atom stereocenters. The fraction of sp³-hybridized carbons (Fsp3) is 0.346. The number of H-pyrrole nitrogens is 1. The zero-order valence-corrected chi connectivity index (χ0v) is 20.9. The summed E-state index contributed by atoms with van der Waals surface area (Å²) in [6.07, 6.45) is 4.32. The number of ether oxygens (including phenoxy) is 3. The van der Waals surface area contributed by atoms with Crippen molar-refractivity contribution >= 4 is 45.2 Å². The predicted molar refractivity (Wildman–Crippen MR) is 139 cm³/mol. The number of aryl methyl sites for hydroxylation is 2. The minimum Gasteiger partial charge on any atom is -0.464 e. The first-order chi connectivity index (χ1) is 17.5. The number of carbonyl (C=O) groups excluding carboxylic acids is 2. The van der Waals surface area contributed by atoms with E-state index >= 15 is 0 Å². The third-order valence-electron chi connectivity index (χ3n) is 5.93. The average molecular weight is 494 g/mol. The van der Waals surface area contributed by atoms with Gasteiger partial charge in [-0.3, -0.25) is 4.79 Å². The fourth-order valence-electron chi connectivity index (χ4n) is 4.41. The quantitative estimate of drug-likeness (QED) is 0.273. The van der Waals surface area contributed by atoms with E-state index in [9.17, 15) is 9.59 Å². The molecule has 0 fully saturated rings. The second kappa shape index (κ2) is 11.2. The lowest BCUT2D eigenvalue weighted by Crippen LogP contribution is -2.21. The van der Waals surface area contributed by atoms with Gasteiger partial charge in [0.05, 0.1) is 31.3 Å². The third-order valence-corrected chi connectivity index (χ3v) is 5.93. The van der Waals surface area contributed by atoms with Crippen LogP contribution in [0.2, 0.25) is 0 Å². The standard InChI is InChI=1S/C26H31N5O5/c1-16(14-34-2)29-18-11-20-23(30-22(32)15-35-3)24(26(33)36-4)31(25(20)28-13-18)10-9-17-12-27-21-8-6-5-7-19(17)21/h5-8,11-13,16,27,29H,9-10,14-15H2,1-4H3,(H,30,32)/t16-/m1/s1. The monoisotopic (exact) mass is 493 g/mol. The summed E-state index contributed by atoms with van der Waals surface area (Å²) in [5.74, 6) is -0.952. The Hall–Kier alpha value is -3.89. The van der Waals surface area contributed by atoms with Crippen LogP contribution < -0.4 is 10.6 Å². The molecular weight excluding hydrogens is 462 g/mol. The van der Waals surface area contributed by atoms with Gasteiger partial charge in [0.2, 0.25) is 5.91 Å². The van der Waals surface area contributed by atoms with Crippen LogP contribution in [0.15, 0.2) is 42.7 Å². The van der Waals surface area contributed by atoms with Gasteiger partial charge in [-0.25, -0.2) is 9.78 Å². The van der Waals surface area contributed by atoms with E-state index in [-0.39, 0.29) is 24.2 Å². The molecule has 1 amide bonds. The van der Waals surface area contributed by atoms with Crippen molar-refractivity contribution in [1.29, 1.82) is 0 Å². The molecule has 1 aromatic carbocycles. The molecule has 10 heteroatoms. The number of nitrogens with one attached hydrogen (secondary N) is 3. The lowest BCUT2D eigenvalue weighted by Gasteiger charge is -2.14. The molecule has 190 valence electrons. The SMILES string of the molecule is COCC(=O)Nc1c(C(=O)OC)n(CCc2c[nH]c3ccccc23)c2ncc(N[C@H](C)COC)cc12. The smallest absolute Gasteiger partial charge is 0.356 e. The second-order valence-electron chi connectivity index (χ2n) is 8.55. The van der Waals surface area contributed by atoms with Crippen LogP contribution in [-0.4, -0.2) is 67.0 Å². The molecule has 0 saturated carbocycles. The number of amides is 1. The number of methoxy groups -OCH3 is 3. The fourth-order valence-corrected chi connectivity index (χ4v) is 4.41. The lowest BCUT2D eigenvalue weighted by atomic mass is 10.1. The highest BCUT2D eigenvalue weighted by Gasteiger charge is 2.26. The number of hydrogen-bond donors (Lipinski definition) is 3. The van der Waals surface area contributed by atoms with Crippen molar-refractivity contribution < 1.29 is 23.8 Å². The van der Waals surface area contributed by atoms with Crippen LogP contribution >= 0.6 is 0 Å². The van der Waals surface area contributed by atoms with Crippen molar-refractivity contribution in [3.63, 3.8) is 0 Å². The summed E-state index contributed by atoms with van der Waals surface area (Å²) in [5.41, 5.74) is 4.02. The molecule has 0 aliphatic heterocycles. The van der Waals surface area contributed by atoms with E-state index in [1.54, 1.807) is 17.9 Å². The van der Waals surface area contributed by atoms with Crippen molar-refractivity contribution in [3.05, 3.63) is 54.0 Å². The molecule has 36 heavy (non-hydrogen) atoms. The Balaban J connectivity index is 1.79. The molecule has 0 bridgehead atoms. The zero-order valence-electron chi connectivity index (χ0n) is 20.9. The number of rotatable bonds is 11. The molecule has 0 radical (unpaired) electrons. The Kier molecular flexibility index (Phi) is 7.87. The van der Waals surface area contributed by atoms with Gasteiger partial charge in [-0.1, -0.05) is 18.2 Å². The molecule has 4 aromatic rings. The lowest BCUT2D eigenvalue weighted by molar-refractivity contribution is -0.119.